The molecule has 0 aliphatic rings. The van der Waals surface area contributed by atoms with Crippen LogP contribution in [0.4, 0.5) is 0 Å². The number of carbonyl (C=O) groups excluding carboxylic acids is 1. The summed E-state index contributed by atoms with van der Waals surface area (Å²) in [7, 11) is 1.91. The Morgan fingerprint density at radius 2 is 2.16 bits per heavy atom. The van der Waals surface area contributed by atoms with Gasteiger partial charge in [-0.05, 0) is 32.1 Å². The Hall–Kier alpha value is -1.88. The lowest BCUT2D eigenvalue weighted by molar-refractivity contribution is -0.121. The highest BCUT2D eigenvalue weighted by Gasteiger charge is 2.04. The fraction of sp³-hybridized carbons (Fsp3) is 0.429. The number of fused-ring (bicyclic) bond motifs is 1. The smallest absolute Gasteiger partial charge is 0.221 e. The molecule has 0 saturated carbocycles. The van der Waals surface area contributed by atoms with E-state index in [0.29, 0.717) is 13.0 Å². The summed E-state index contributed by atoms with van der Waals surface area (Å²) >= 11 is 0. The van der Waals surface area contributed by atoms with Gasteiger partial charge in [-0.3, -0.25) is 4.79 Å². The number of hydrogen-bond acceptors (Lipinski definition) is 3. The first-order valence-electron chi connectivity index (χ1n) is 6.62. The van der Waals surface area contributed by atoms with Crippen LogP contribution in [0.15, 0.2) is 30.6 Å². The van der Waals surface area contributed by atoms with Crippen molar-refractivity contribution >= 4 is 16.9 Å². The molecule has 0 aliphatic carbocycles. The van der Waals surface area contributed by atoms with Gasteiger partial charge in [0.1, 0.15) is 0 Å². The zero-order valence-corrected chi connectivity index (χ0v) is 11.2. The van der Waals surface area contributed by atoms with Crippen molar-refractivity contribution < 1.29 is 4.79 Å². The van der Waals surface area contributed by atoms with Gasteiger partial charge in [0.05, 0.1) is 17.4 Å². The van der Waals surface area contributed by atoms with Crippen LogP contribution in [0, 0.1) is 0 Å². The van der Waals surface area contributed by atoms with Gasteiger partial charge in [0, 0.05) is 19.5 Å². The molecule has 0 spiro atoms. The van der Waals surface area contributed by atoms with Crippen molar-refractivity contribution in [3.63, 3.8) is 0 Å². The fourth-order valence-corrected chi connectivity index (χ4v) is 1.99. The maximum Gasteiger partial charge on any atom is 0.221 e. The molecule has 5 heteroatoms. The molecule has 0 aliphatic heterocycles. The van der Waals surface area contributed by atoms with Crippen molar-refractivity contribution in [1.82, 2.24) is 20.2 Å². The van der Waals surface area contributed by atoms with Gasteiger partial charge in [0.2, 0.25) is 5.91 Å². The lowest BCUT2D eigenvalue weighted by Gasteiger charge is -2.06. The minimum Gasteiger partial charge on any atom is -0.356 e. The second-order valence-corrected chi connectivity index (χ2v) is 4.48. The van der Waals surface area contributed by atoms with E-state index < -0.39 is 0 Å². The molecule has 5 nitrogen and oxygen atoms in total. The third-order valence-corrected chi connectivity index (χ3v) is 3.03. The van der Waals surface area contributed by atoms with Crippen LogP contribution in [0.5, 0.6) is 0 Å². The van der Waals surface area contributed by atoms with Crippen LogP contribution < -0.4 is 10.6 Å². The average molecular weight is 260 g/mol. The number of amides is 1. The van der Waals surface area contributed by atoms with Gasteiger partial charge in [0.25, 0.3) is 0 Å². The molecule has 2 aromatic rings. The van der Waals surface area contributed by atoms with Crippen molar-refractivity contribution in [1.29, 1.82) is 0 Å². The number of hydrogen-bond donors (Lipinski definition) is 2. The Morgan fingerprint density at radius 1 is 1.32 bits per heavy atom. The minimum absolute atomic E-state index is 0.0916. The number of imidazole rings is 1. The molecular formula is C14H20N4O. The van der Waals surface area contributed by atoms with Crippen LogP contribution in [-0.4, -0.2) is 35.6 Å². The van der Waals surface area contributed by atoms with E-state index in [4.69, 9.17) is 0 Å². The van der Waals surface area contributed by atoms with Crippen LogP contribution in [0.2, 0.25) is 0 Å². The molecule has 102 valence electrons. The SMILES string of the molecule is CNCCCNC(=O)CCn1cnc2ccccc21. The summed E-state index contributed by atoms with van der Waals surface area (Å²) in [4.78, 5) is 16.0. The van der Waals surface area contributed by atoms with Crippen molar-refractivity contribution in [3.8, 4) is 0 Å². The number of para-hydroxylation sites is 2. The monoisotopic (exact) mass is 260 g/mol. The molecule has 19 heavy (non-hydrogen) atoms. The number of benzene rings is 1. The highest BCUT2D eigenvalue weighted by atomic mass is 16.1. The van der Waals surface area contributed by atoms with Crippen molar-refractivity contribution in [3.05, 3.63) is 30.6 Å². The predicted octanol–water partition coefficient (Wildman–Crippen LogP) is 1.15. The Bertz CT molecular complexity index is 535. The molecule has 0 radical (unpaired) electrons. The molecule has 0 saturated heterocycles. The minimum atomic E-state index is 0.0916. The van der Waals surface area contributed by atoms with Crippen LogP contribution in [0.1, 0.15) is 12.8 Å². The Morgan fingerprint density at radius 3 is 3.00 bits per heavy atom. The third kappa shape index (κ3) is 3.79. The van der Waals surface area contributed by atoms with Gasteiger partial charge < -0.3 is 15.2 Å². The van der Waals surface area contributed by atoms with Gasteiger partial charge >= 0.3 is 0 Å². The summed E-state index contributed by atoms with van der Waals surface area (Å²) in [5.41, 5.74) is 2.04. The van der Waals surface area contributed by atoms with Gasteiger partial charge in [-0.25, -0.2) is 4.98 Å². The van der Waals surface area contributed by atoms with Crippen molar-refractivity contribution in [2.75, 3.05) is 20.1 Å². The average Bonchev–Trinajstić information content (AvgIpc) is 2.85. The first-order valence-corrected chi connectivity index (χ1v) is 6.62. The highest BCUT2D eigenvalue weighted by molar-refractivity contribution is 5.77. The number of nitrogens with one attached hydrogen (secondary N) is 2. The Kier molecular flexibility index (Phi) is 4.92. The highest BCUT2D eigenvalue weighted by Crippen LogP contribution is 2.11. The molecule has 0 unspecified atom stereocenters. The molecule has 0 bridgehead atoms. The van der Waals surface area contributed by atoms with E-state index in [9.17, 15) is 4.79 Å². The predicted molar refractivity (Wildman–Crippen MR) is 75.9 cm³/mol. The molecule has 2 rings (SSSR count). The van der Waals surface area contributed by atoms with Gasteiger partial charge in [0.15, 0.2) is 0 Å². The second-order valence-electron chi connectivity index (χ2n) is 4.48. The van der Waals surface area contributed by atoms with E-state index >= 15 is 0 Å². The van der Waals surface area contributed by atoms with E-state index in [1.807, 2.05) is 35.9 Å². The lowest BCUT2D eigenvalue weighted by Crippen LogP contribution is -2.27. The van der Waals surface area contributed by atoms with E-state index in [1.165, 1.54) is 0 Å². The van der Waals surface area contributed by atoms with Crippen molar-refractivity contribution in [2.24, 2.45) is 0 Å². The molecule has 1 aromatic heterocycles. The summed E-state index contributed by atoms with van der Waals surface area (Å²) < 4.78 is 2.02. The number of carbonyl (C=O) groups is 1. The fourth-order valence-electron chi connectivity index (χ4n) is 1.99. The van der Waals surface area contributed by atoms with Crippen LogP contribution >= 0.6 is 0 Å². The maximum absolute atomic E-state index is 11.7. The largest absolute Gasteiger partial charge is 0.356 e. The van der Waals surface area contributed by atoms with Crippen molar-refractivity contribution in [2.45, 2.75) is 19.4 Å². The summed E-state index contributed by atoms with van der Waals surface area (Å²) in [5.74, 6) is 0.0916. The number of aryl methyl sites for hydroxylation is 1. The molecule has 1 aromatic carbocycles. The molecule has 0 atom stereocenters. The van der Waals surface area contributed by atoms with E-state index in [1.54, 1.807) is 6.33 Å². The number of nitrogens with zero attached hydrogens (tertiary/aromatic N) is 2. The van der Waals surface area contributed by atoms with Gasteiger partial charge in [-0.2, -0.15) is 0 Å². The Labute approximate surface area is 113 Å². The first kappa shape index (κ1) is 13.5. The molecule has 1 heterocycles. The second kappa shape index (κ2) is 6.89. The zero-order valence-electron chi connectivity index (χ0n) is 11.2. The summed E-state index contributed by atoms with van der Waals surface area (Å²) in [6.07, 6.45) is 3.23. The normalized spacial score (nSPS) is 10.8. The van der Waals surface area contributed by atoms with Crippen LogP contribution in [-0.2, 0) is 11.3 Å². The molecule has 0 fully saturated rings. The van der Waals surface area contributed by atoms with E-state index in [0.717, 1.165) is 30.5 Å². The van der Waals surface area contributed by atoms with E-state index in [2.05, 4.69) is 15.6 Å². The topological polar surface area (TPSA) is 58.9 Å². The lowest BCUT2D eigenvalue weighted by atomic mass is 10.3. The van der Waals surface area contributed by atoms with Gasteiger partial charge in [-0.15, -0.1) is 0 Å². The standard InChI is InChI=1S/C14H20N4O/c1-15-8-4-9-16-14(19)7-10-18-11-17-12-5-2-3-6-13(12)18/h2-3,5-6,11,15H,4,7-10H2,1H3,(H,16,19). The first-order chi connectivity index (χ1) is 9.31. The van der Waals surface area contributed by atoms with Gasteiger partial charge in [-0.1, -0.05) is 12.1 Å². The van der Waals surface area contributed by atoms with E-state index in [-0.39, 0.29) is 5.91 Å². The quantitative estimate of drug-likeness (QED) is 0.734. The number of aromatic nitrogens is 2. The molecule has 1 amide bonds. The summed E-state index contributed by atoms with van der Waals surface area (Å²) in [6, 6.07) is 7.95. The Balaban J connectivity index is 1.80. The molecular weight excluding hydrogens is 240 g/mol. The summed E-state index contributed by atoms with van der Waals surface area (Å²) in [6.45, 7) is 2.31. The van der Waals surface area contributed by atoms with Crippen LogP contribution in [0.3, 0.4) is 0 Å². The van der Waals surface area contributed by atoms with Crippen LogP contribution in [0.25, 0.3) is 11.0 Å². The zero-order chi connectivity index (χ0) is 13.5. The maximum atomic E-state index is 11.7. The number of rotatable bonds is 7. The molecule has 2 N–H and O–H groups in total. The summed E-state index contributed by atoms with van der Waals surface area (Å²) in [5, 5.41) is 5.97. The third-order valence-electron chi connectivity index (χ3n) is 3.03.